The van der Waals surface area contributed by atoms with E-state index in [0.717, 1.165) is 0 Å². The molecule has 0 saturated carbocycles. The van der Waals surface area contributed by atoms with Crippen molar-refractivity contribution in [2.75, 3.05) is 11.8 Å². The van der Waals surface area contributed by atoms with E-state index in [4.69, 9.17) is 0 Å². The molecule has 21 heavy (non-hydrogen) atoms. The largest absolute Gasteiger partial charge is 0.316 e. The van der Waals surface area contributed by atoms with E-state index in [0.29, 0.717) is 23.5 Å². The first kappa shape index (κ1) is 15.4. The molecule has 2 N–H and O–H groups in total. The van der Waals surface area contributed by atoms with Crippen LogP contribution in [0.3, 0.4) is 0 Å². The number of rotatable bonds is 5. The van der Waals surface area contributed by atoms with Crippen LogP contribution in [0.15, 0.2) is 41.4 Å². The number of hydrogen-bond acceptors (Lipinski definition) is 4. The van der Waals surface area contributed by atoms with Gasteiger partial charge < -0.3 is 5.32 Å². The van der Waals surface area contributed by atoms with Gasteiger partial charge in [0.2, 0.25) is 0 Å². The van der Waals surface area contributed by atoms with E-state index in [1.54, 1.807) is 38.4 Å². The third-order valence-corrected chi connectivity index (χ3v) is 4.32. The third-order valence-electron chi connectivity index (χ3n) is 2.92. The van der Waals surface area contributed by atoms with Crippen LogP contribution in [-0.4, -0.2) is 20.4 Å². The molecular weight excluding hydrogens is 293 g/mol. The summed E-state index contributed by atoms with van der Waals surface area (Å²) in [5, 5.41) is 2.88. The lowest BCUT2D eigenvalue weighted by Gasteiger charge is -2.11. The van der Waals surface area contributed by atoms with Crippen LogP contribution in [0.1, 0.15) is 11.3 Å². The second-order valence-corrected chi connectivity index (χ2v) is 6.19. The molecule has 7 heteroatoms. The van der Waals surface area contributed by atoms with Crippen molar-refractivity contribution in [3.05, 3.63) is 53.6 Å². The minimum Gasteiger partial charge on any atom is -0.316 e. The zero-order valence-electron chi connectivity index (χ0n) is 11.7. The fourth-order valence-electron chi connectivity index (χ4n) is 1.87. The Morgan fingerprint density at radius 2 is 2.05 bits per heavy atom. The second-order valence-electron chi connectivity index (χ2n) is 4.54. The predicted molar refractivity (Wildman–Crippen MR) is 78.9 cm³/mol. The minimum absolute atomic E-state index is 0.330. The molecule has 0 atom stereocenters. The second kappa shape index (κ2) is 6.19. The Kier molecular flexibility index (Phi) is 4.54. The van der Waals surface area contributed by atoms with Crippen molar-refractivity contribution in [1.29, 1.82) is 0 Å². The average molecular weight is 309 g/mol. The normalized spacial score (nSPS) is 11.4. The summed E-state index contributed by atoms with van der Waals surface area (Å²) in [4.78, 5) is 3.61. The number of pyridine rings is 1. The van der Waals surface area contributed by atoms with Gasteiger partial charge in [-0.1, -0.05) is 6.07 Å². The lowest BCUT2D eigenvalue weighted by Crippen LogP contribution is -2.16. The number of nitrogens with zero attached hydrogens (tertiary/aromatic N) is 1. The van der Waals surface area contributed by atoms with Crippen LogP contribution in [0, 0.1) is 12.7 Å². The molecule has 0 amide bonds. The lowest BCUT2D eigenvalue weighted by molar-refractivity contribution is 0.568. The molecule has 112 valence electrons. The molecule has 0 aliphatic heterocycles. The molecule has 0 aliphatic rings. The predicted octanol–water partition coefficient (Wildman–Crippen LogP) is 2.05. The fourth-order valence-corrected chi connectivity index (χ4v) is 3.05. The molecular formula is C14H16FN3O2S. The summed E-state index contributed by atoms with van der Waals surface area (Å²) in [7, 11) is -2.25. The van der Waals surface area contributed by atoms with Gasteiger partial charge in [0.25, 0.3) is 10.0 Å². The van der Waals surface area contributed by atoms with Gasteiger partial charge in [0.1, 0.15) is 10.7 Å². The summed E-state index contributed by atoms with van der Waals surface area (Å²) in [6.45, 7) is 2.14. The van der Waals surface area contributed by atoms with Crippen LogP contribution in [0.4, 0.5) is 10.1 Å². The molecule has 1 aromatic heterocycles. The number of halogens is 1. The Morgan fingerprint density at radius 3 is 2.67 bits per heavy atom. The van der Waals surface area contributed by atoms with Gasteiger partial charge >= 0.3 is 0 Å². The third kappa shape index (κ3) is 3.56. The van der Waals surface area contributed by atoms with Crippen LogP contribution < -0.4 is 10.0 Å². The first-order valence-corrected chi connectivity index (χ1v) is 7.80. The molecule has 2 rings (SSSR count). The molecule has 1 heterocycles. The van der Waals surface area contributed by atoms with E-state index in [-0.39, 0.29) is 4.90 Å². The van der Waals surface area contributed by atoms with E-state index >= 15 is 0 Å². The highest BCUT2D eigenvalue weighted by Crippen LogP contribution is 2.21. The van der Waals surface area contributed by atoms with E-state index < -0.39 is 15.8 Å². The summed E-state index contributed by atoms with van der Waals surface area (Å²) >= 11 is 0. The van der Waals surface area contributed by atoms with Crippen molar-refractivity contribution in [1.82, 2.24) is 10.3 Å². The molecule has 0 saturated heterocycles. The van der Waals surface area contributed by atoms with Crippen molar-refractivity contribution in [2.24, 2.45) is 0 Å². The van der Waals surface area contributed by atoms with Gasteiger partial charge in [-0.15, -0.1) is 0 Å². The van der Waals surface area contributed by atoms with E-state index in [2.05, 4.69) is 15.0 Å². The molecule has 0 aliphatic carbocycles. The Hall–Kier alpha value is -1.99. The van der Waals surface area contributed by atoms with Gasteiger partial charge in [-0.05, 0) is 43.8 Å². The van der Waals surface area contributed by atoms with E-state index in [1.165, 1.54) is 12.1 Å². The Labute approximate surface area is 123 Å². The Balaban J connectivity index is 2.34. The molecule has 1 aromatic carbocycles. The van der Waals surface area contributed by atoms with Gasteiger partial charge in [0.05, 0.1) is 11.4 Å². The molecule has 0 spiro atoms. The van der Waals surface area contributed by atoms with Crippen LogP contribution >= 0.6 is 0 Å². The standard InChI is InChI=1S/C14H16FN3O2S/c1-10-13(4-3-7-17-10)18-21(19,20)14-6-5-11(9-16-2)8-12(14)15/h3-8,16,18H,9H2,1-2H3. The van der Waals surface area contributed by atoms with E-state index in [1.807, 2.05) is 0 Å². The summed E-state index contributed by atoms with van der Waals surface area (Å²) in [5.41, 5.74) is 1.52. The van der Waals surface area contributed by atoms with Gasteiger partial charge in [-0.3, -0.25) is 9.71 Å². The molecule has 0 bridgehead atoms. The Bertz CT molecular complexity index is 748. The van der Waals surface area contributed by atoms with Gasteiger partial charge in [-0.2, -0.15) is 0 Å². The zero-order valence-corrected chi connectivity index (χ0v) is 12.5. The average Bonchev–Trinajstić information content (AvgIpc) is 2.41. The molecule has 5 nitrogen and oxygen atoms in total. The van der Waals surface area contributed by atoms with Crippen molar-refractivity contribution in [3.63, 3.8) is 0 Å². The fraction of sp³-hybridized carbons (Fsp3) is 0.214. The minimum atomic E-state index is -3.98. The molecule has 0 radical (unpaired) electrons. The van der Waals surface area contributed by atoms with Gasteiger partial charge in [0.15, 0.2) is 0 Å². The van der Waals surface area contributed by atoms with Gasteiger partial charge in [0, 0.05) is 12.7 Å². The molecule has 0 fully saturated rings. The van der Waals surface area contributed by atoms with Crippen molar-refractivity contribution in [3.8, 4) is 0 Å². The molecule has 2 aromatic rings. The number of nitrogens with one attached hydrogen (secondary N) is 2. The zero-order chi connectivity index (χ0) is 15.5. The number of sulfonamides is 1. The van der Waals surface area contributed by atoms with E-state index in [9.17, 15) is 12.8 Å². The topological polar surface area (TPSA) is 71.1 Å². The maximum absolute atomic E-state index is 14.0. The summed E-state index contributed by atoms with van der Waals surface area (Å²) in [6.07, 6.45) is 1.56. The Morgan fingerprint density at radius 1 is 1.29 bits per heavy atom. The number of hydrogen-bond donors (Lipinski definition) is 2. The van der Waals surface area contributed by atoms with Crippen LogP contribution in [0.25, 0.3) is 0 Å². The summed E-state index contributed by atoms with van der Waals surface area (Å²) in [6, 6.07) is 7.23. The number of anilines is 1. The quantitative estimate of drug-likeness (QED) is 0.887. The highest BCUT2D eigenvalue weighted by Gasteiger charge is 2.20. The summed E-state index contributed by atoms with van der Waals surface area (Å²) in [5.74, 6) is -0.781. The van der Waals surface area contributed by atoms with Crippen molar-refractivity contribution >= 4 is 15.7 Å². The molecule has 0 unspecified atom stereocenters. The van der Waals surface area contributed by atoms with Crippen molar-refractivity contribution < 1.29 is 12.8 Å². The van der Waals surface area contributed by atoms with Crippen LogP contribution in [0.5, 0.6) is 0 Å². The highest BCUT2D eigenvalue weighted by atomic mass is 32.2. The first-order chi connectivity index (χ1) is 9.94. The lowest BCUT2D eigenvalue weighted by atomic mass is 10.2. The summed E-state index contributed by atoms with van der Waals surface area (Å²) < 4.78 is 40.9. The maximum atomic E-state index is 14.0. The van der Waals surface area contributed by atoms with Crippen molar-refractivity contribution in [2.45, 2.75) is 18.4 Å². The first-order valence-electron chi connectivity index (χ1n) is 6.31. The van der Waals surface area contributed by atoms with Gasteiger partial charge in [-0.25, -0.2) is 12.8 Å². The van der Waals surface area contributed by atoms with Crippen LogP contribution in [0.2, 0.25) is 0 Å². The number of aryl methyl sites for hydroxylation is 1. The van der Waals surface area contributed by atoms with Crippen LogP contribution in [-0.2, 0) is 16.6 Å². The number of benzene rings is 1. The number of aromatic nitrogens is 1. The highest BCUT2D eigenvalue weighted by molar-refractivity contribution is 7.92. The smallest absolute Gasteiger partial charge is 0.264 e. The maximum Gasteiger partial charge on any atom is 0.264 e. The SMILES string of the molecule is CNCc1ccc(S(=O)(=O)Nc2cccnc2C)c(F)c1. The monoisotopic (exact) mass is 309 g/mol.